The van der Waals surface area contributed by atoms with Crippen LogP contribution in [0.3, 0.4) is 0 Å². The van der Waals surface area contributed by atoms with Gasteiger partial charge in [-0.1, -0.05) is 11.6 Å². The molecule has 0 saturated heterocycles. The quantitative estimate of drug-likeness (QED) is 0.577. The normalized spacial score (nSPS) is 10.7. The van der Waals surface area contributed by atoms with Crippen LogP contribution in [0.25, 0.3) is 6.08 Å². The average molecular weight is 211 g/mol. The number of benzene rings is 1. The number of halogens is 1. The van der Waals surface area contributed by atoms with E-state index in [2.05, 4.69) is 0 Å². The van der Waals surface area contributed by atoms with Crippen LogP contribution >= 0.6 is 11.6 Å². The molecule has 3 nitrogen and oxygen atoms in total. The van der Waals surface area contributed by atoms with Gasteiger partial charge in [-0.2, -0.15) is 0 Å². The van der Waals surface area contributed by atoms with Crippen molar-refractivity contribution in [3.63, 3.8) is 0 Å². The van der Waals surface area contributed by atoms with E-state index >= 15 is 0 Å². The molecular weight excluding hydrogens is 200 g/mol. The molecule has 0 fully saturated rings. The molecule has 0 saturated carbocycles. The van der Waals surface area contributed by atoms with Crippen molar-refractivity contribution in [3.8, 4) is 0 Å². The Morgan fingerprint density at radius 1 is 1.50 bits per heavy atom. The van der Waals surface area contributed by atoms with Gasteiger partial charge in [-0.25, -0.2) is 0 Å². The number of nitrogens with two attached hydrogens (primary N) is 2. The Morgan fingerprint density at radius 2 is 2.14 bits per heavy atom. The number of carbonyl (C=O) groups excluding carboxylic acids is 1. The van der Waals surface area contributed by atoms with E-state index < -0.39 is 5.91 Å². The van der Waals surface area contributed by atoms with Crippen molar-refractivity contribution in [1.29, 1.82) is 0 Å². The Hall–Kier alpha value is -1.48. The molecular formula is C10H11ClN2O. The maximum absolute atomic E-state index is 10.5. The zero-order valence-corrected chi connectivity index (χ0v) is 8.51. The number of carbonyl (C=O) groups is 1. The molecule has 4 N–H and O–H groups in total. The van der Waals surface area contributed by atoms with Crippen LogP contribution in [0.1, 0.15) is 11.1 Å². The van der Waals surface area contributed by atoms with E-state index in [-0.39, 0.29) is 0 Å². The van der Waals surface area contributed by atoms with Crippen LogP contribution in [0.2, 0.25) is 5.02 Å². The molecule has 0 aliphatic carbocycles. The molecule has 0 aliphatic heterocycles. The van der Waals surface area contributed by atoms with Crippen molar-refractivity contribution in [3.05, 3.63) is 34.4 Å². The predicted octanol–water partition coefficient (Wildman–Crippen LogP) is 1.73. The summed E-state index contributed by atoms with van der Waals surface area (Å²) >= 11 is 5.86. The van der Waals surface area contributed by atoms with E-state index in [0.717, 1.165) is 11.1 Å². The first-order valence-corrected chi connectivity index (χ1v) is 4.41. The summed E-state index contributed by atoms with van der Waals surface area (Å²) in [4.78, 5) is 10.5. The van der Waals surface area contributed by atoms with Gasteiger partial charge in [0.05, 0.1) is 10.7 Å². The maximum Gasteiger partial charge on any atom is 0.241 e. The third kappa shape index (κ3) is 2.50. The highest BCUT2D eigenvalue weighted by Crippen LogP contribution is 2.24. The number of primary amides is 1. The molecule has 0 bridgehead atoms. The summed E-state index contributed by atoms with van der Waals surface area (Å²) in [7, 11) is 0. The van der Waals surface area contributed by atoms with Gasteiger partial charge in [0.15, 0.2) is 0 Å². The van der Waals surface area contributed by atoms with E-state index in [9.17, 15) is 4.79 Å². The van der Waals surface area contributed by atoms with E-state index in [1.165, 1.54) is 6.08 Å². The lowest BCUT2D eigenvalue weighted by molar-refractivity contribution is -0.113. The number of aryl methyl sites for hydroxylation is 1. The molecule has 1 aromatic carbocycles. The van der Waals surface area contributed by atoms with Crippen LogP contribution < -0.4 is 11.5 Å². The first kappa shape index (κ1) is 10.6. The second kappa shape index (κ2) is 4.15. The van der Waals surface area contributed by atoms with Crippen molar-refractivity contribution in [2.24, 2.45) is 5.73 Å². The Kier molecular flexibility index (Phi) is 3.14. The van der Waals surface area contributed by atoms with Crippen LogP contribution in [-0.4, -0.2) is 5.91 Å². The second-order valence-corrected chi connectivity index (χ2v) is 3.38. The summed E-state index contributed by atoms with van der Waals surface area (Å²) in [5, 5.41) is 0.481. The molecule has 0 heterocycles. The standard InChI is InChI=1S/C10H11ClN2O/c1-6-4-7(2-3-9(12)14)5-8(11)10(6)13/h2-5H,13H2,1H3,(H2,12,14). The van der Waals surface area contributed by atoms with Crippen LogP contribution in [-0.2, 0) is 4.79 Å². The van der Waals surface area contributed by atoms with E-state index in [4.69, 9.17) is 23.1 Å². The molecule has 1 amide bonds. The minimum absolute atomic E-state index is 0.481. The number of hydrogen-bond acceptors (Lipinski definition) is 2. The Balaban J connectivity index is 3.07. The van der Waals surface area contributed by atoms with Gasteiger partial charge in [-0.3, -0.25) is 4.79 Å². The number of amides is 1. The smallest absolute Gasteiger partial charge is 0.241 e. The third-order valence-corrected chi connectivity index (χ3v) is 2.11. The highest BCUT2D eigenvalue weighted by molar-refractivity contribution is 6.33. The minimum Gasteiger partial charge on any atom is -0.397 e. The lowest BCUT2D eigenvalue weighted by Crippen LogP contribution is -2.05. The Labute approximate surface area is 87.3 Å². The van der Waals surface area contributed by atoms with Gasteiger partial charge in [0, 0.05) is 6.08 Å². The van der Waals surface area contributed by atoms with Gasteiger partial charge < -0.3 is 11.5 Å². The van der Waals surface area contributed by atoms with Gasteiger partial charge in [-0.15, -0.1) is 0 Å². The van der Waals surface area contributed by atoms with E-state index in [1.54, 1.807) is 12.1 Å². The van der Waals surface area contributed by atoms with Crippen LogP contribution in [0.15, 0.2) is 18.2 Å². The summed E-state index contributed by atoms with van der Waals surface area (Å²) in [6, 6.07) is 3.52. The summed E-state index contributed by atoms with van der Waals surface area (Å²) in [5.41, 5.74) is 12.9. The lowest BCUT2D eigenvalue weighted by atomic mass is 10.1. The first-order valence-electron chi connectivity index (χ1n) is 4.04. The second-order valence-electron chi connectivity index (χ2n) is 2.97. The van der Waals surface area contributed by atoms with Gasteiger partial charge in [0.1, 0.15) is 0 Å². The fourth-order valence-electron chi connectivity index (χ4n) is 1.06. The molecule has 0 radical (unpaired) electrons. The largest absolute Gasteiger partial charge is 0.397 e. The minimum atomic E-state index is -0.490. The van der Waals surface area contributed by atoms with Crippen LogP contribution in [0, 0.1) is 6.92 Å². The molecule has 0 aliphatic rings. The molecule has 1 rings (SSSR count). The van der Waals surface area contributed by atoms with Crippen molar-refractivity contribution in [2.45, 2.75) is 6.92 Å². The topological polar surface area (TPSA) is 69.1 Å². The van der Waals surface area contributed by atoms with Gasteiger partial charge >= 0.3 is 0 Å². The fraction of sp³-hybridized carbons (Fsp3) is 0.100. The number of hydrogen-bond donors (Lipinski definition) is 2. The molecule has 14 heavy (non-hydrogen) atoms. The van der Waals surface area contributed by atoms with Crippen molar-refractivity contribution >= 4 is 29.3 Å². The Bertz CT molecular complexity index is 376. The van der Waals surface area contributed by atoms with Crippen LogP contribution in [0.5, 0.6) is 0 Å². The number of rotatable bonds is 2. The SMILES string of the molecule is Cc1cc(C=CC(N)=O)cc(Cl)c1N. The van der Waals surface area contributed by atoms with Crippen LogP contribution in [0.4, 0.5) is 5.69 Å². The zero-order chi connectivity index (χ0) is 10.7. The summed E-state index contributed by atoms with van der Waals surface area (Å²) in [5.74, 6) is -0.490. The monoisotopic (exact) mass is 210 g/mol. The number of anilines is 1. The summed E-state index contributed by atoms with van der Waals surface area (Å²) in [6.45, 7) is 1.85. The molecule has 1 aromatic rings. The van der Waals surface area contributed by atoms with E-state index in [0.29, 0.717) is 10.7 Å². The predicted molar refractivity (Wildman–Crippen MR) is 58.8 cm³/mol. The van der Waals surface area contributed by atoms with Gasteiger partial charge in [-0.05, 0) is 36.3 Å². The fourth-order valence-corrected chi connectivity index (χ4v) is 1.33. The summed E-state index contributed by atoms with van der Waals surface area (Å²) in [6.07, 6.45) is 2.88. The maximum atomic E-state index is 10.5. The highest BCUT2D eigenvalue weighted by atomic mass is 35.5. The lowest BCUT2D eigenvalue weighted by Gasteiger charge is -2.03. The summed E-state index contributed by atoms with van der Waals surface area (Å²) < 4.78 is 0. The van der Waals surface area contributed by atoms with Crippen molar-refractivity contribution < 1.29 is 4.79 Å². The van der Waals surface area contributed by atoms with Gasteiger partial charge in [0.2, 0.25) is 5.91 Å². The zero-order valence-electron chi connectivity index (χ0n) is 7.75. The molecule has 0 aromatic heterocycles. The average Bonchev–Trinajstić information content (AvgIpc) is 2.10. The van der Waals surface area contributed by atoms with Crippen molar-refractivity contribution in [1.82, 2.24) is 0 Å². The first-order chi connectivity index (χ1) is 6.50. The molecule has 0 atom stereocenters. The van der Waals surface area contributed by atoms with Gasteiger partial charge in [0.25, 0.3) is 0 Å². The number of nitrogen functional groups attached to an aromatic ring is 1. The molecule has 74 valence electrons. The molecule has 0 unspecified atom stereocenters. The Morgan fingerprint density at radius 3 is 2.64 bits per heavy atom. The third-order valence-electron chi connectivity index (χ3n) is 1.80. The van der Waals surface area contributed by atoms with E-state index in [1.807, 2.05) is 13.0 Å². The highest BCUT2D eigenvalue weighted by Gasteiger charge is 2.00. The molecule has 0 spiro atoms. The van der Waals surface area contributed by atoms with Crippen molar-refractivity contribution in [2.75, 3.05) is 5.73 Å². The molecule has 4 heteroatoms.